The predicted molar refractivity (Wildman–Crippen MR) is 87.7 cm³/mol. The monoisotopic (exact) mass is 390 g/mol. The molecule has 6 bridgehead atoms. The van der Waals surface area contributed by atoms with Crippen molar-refractivity contribution < 1.29 is 26.3 Å². The fourth-order valence-electron chi connectivity index (χ4n) is 9.09. The molecule has 0 spiro atoms. The number of alkyl halides is 3. The third kappa shape index (κ3) is 1.42. The topological polar surface area (TPSA) is 43.4 Å². The molecule has 0 aromatic heterocycles. The Bertz CT molecular complexity index is 741. The summed E-state index contributed by atoms with van der Waals surface area (Å²) in [5.74, 6) is -2.11. The van der Waals surface area contributed by atoms with Gasteiger partial charge in [-0.05, 0) is 62.2 Å². The highest BCUT2D eigenvalue weighted by molar-refractivity contribution is 7.92. The molecule has 6 aliphatic rings. The van der Waals surface area contributed by atoms with Gasteiger partial charge in [-0.25, -0.2) is 8.42 Å². The SMILES string of the molecule is CCS(=O)(=O)C12OC(C(F)(F)F)([C@@H]3C4CCC(C4)[C@@H]31)[C@H]1C3CCC(C3)[C@H]12. The lowest BCUT2D eigenvalue weighted by Crippen LogP contribution is -2.62. The van der Waals surface area contributed by atoms with Crippen molar-refractivity contribution in [3.05, 3.63) is 0 Å². The van der Waals surface area contributed by atoms with Gasteiger partial charge in [0.05, 0.1) is 5.75 Å². The number of hydrogen-bond donors (Lipinski definition) is 0. The molecular formula is C19H25F3O3S. The summed E-state index contributed by atoms with van der Waals surface area (Å²) in [7, 11) is -3.74. The van der Waals surface area contributed by atoms with Crippen LogP contribution in [0.3, 0.4) is 0 Å². The second-order valence-electron chi connectivity index (χ2n) is 9.79. The van der Waals surface area contributed by atoms with E-state index in [4.69, 9.17) is 4.74 Å². The molecule has 6 fully saturated rings. The van der Waals surface area contributed by atoms with E-state index < -0.39 is 50.2 Å². The zero-order valence-electron chi connectivity index (χ0n) is 14.8. The van der Waals surface area contributed by atoms with Gasteiger partial charge in [0.25, 0.3) is 0 Å². The summed E-state index contributed by atoms with van der Waals surface area (Å²) in [5, 5.41) is 0. The van der Waals surface area contributed by atoms with E-state index >= 15 is 0 Å². The molecule has 4 aliphatic carbocycles. The number of sulfone groups is 1. The van der Waals surface area contributed by atoms with E-state index in [-0.39, 0.29) is 29.4 Å². The molecule has 2 heterocycles. The number of ether oxygens (including phenoxy) is 1. The first-order chi connectivity index (χ1) is 12.2. The van der Waals surface area contributed by atoms with E-state index in [9.17, 15) is 21.6 Å². The molecule has 6 unspecified atom stereocenters. The van der Waals surface area contributed by atoms with Gasteiger partial charge in [-0.15, -0.1) is 0 Å². The Morgan fingerprint density at radius 1 is 0.885 bits per heavy atom. The molecule has 10 atom stereocenters. The van der Waals surface area contributed by atoms with Crippen molar-refractivity contribution in [1.82, 2.24) is 0 Å². The maximum Gasteiger partial charge on any atom is 0.418 e. The highest BCUT2D eigenvalue weighted by atomic mass is 32.2. The van der Waals surface area contributed by atoms with Crippen molar-refractivity contribution in [2.24, 2.45) is 47.3 Å². The van der Waals surface area contributed by atoms with Crippen molar-refractivity contribution in [3.63, 3.8) is 0 Å². The summed E-state index contributed by atoms with van der Waals surface area (Å²) in [6, 6.07) is 0. The Kier molecular flexibility index (Phi) is 2.86. The lowest BCUT2D eigenvalue weighted by Gasteiger charge is -2.50. The molecule has 0 radical (unpaired) electrons. The van der Waals surface area contributed by atoms with Crippen LogP contribution >= 0.6 is 0 Å². The maximum absolute atomic E-state index is 14.7. The van der Waals surface area contributed by atoms with Gasteiger partial charge in [-0.3, -0.25) is 0 Å². The third-order valence-electron chi connectivity index (χ3n) is 9.39. The van der Waals surface area contributed by atoms with Crippen molar-refractivity contribution in [2.45, 2.75) is 62.2 Å². The molecular weight excluding hydrogens is 365 g/mol. The lowest BCUT2D eigenvalue weighted by atomic mass is 9.54. The van der Waals surface area contributed by atoms with Gasteiger partial charge >= 0.3 is 6.18 Å². The van der Waals surface area contributed by atoms with E-state index in [2.05, 4.69) is 0 Å². The van der Waals surface area contributed by atoms with Crippen LogP contribution in [0.4, 0.5) is 13.2 Å². The van der Waals surface area contributed by atoms with E-state index in [1.165, 1.54) is 0 Å². The minimum Gasteiger partial charge on any atom is -0.342 e. The summed E-state index contributed by atoms with van der Waals surface area (Å²) in [6.45, 7) is 1.57. The summed E-state index contributed by atoms with van der Waals surface area (Å²) in [6.07, 6.45) is 0.403. The lowest BCUT2D eigenvalue weighted by molar-refractivity contribution is -0.292. The Morgan fingerprint density at radius 2 is 1.31 bits per heavy atom. The molecule has 146 valence electrons. The standard InChI is InChI=1S/C19H25F3O3S/c1-2-26(23,24)18-15-11-5-3-9(7-11)13(15)17(25-18,19(20,21)22)14-10-4-6-12(8-10)16(14)18/h9-16H,2-8H2,1H3/t9?,10?,11?,12?,13-,14+,15+,16-,17?,18?. The summed E-state index contributed by atoms with van der Waals surface area (Å²) >= 11 is 0. The molecule has 26 heavy (non-hydrogen) atoms. The van der Waals surface area contributed by atoms with E-state index in [1.807, 2.05) is 0 Å². The van der Waals surface area contributed by atoms with Gasteiger partial charge in [0.15, 0.2) is 20.4 Å². The number of fused-ring (bicyclic) bond motifs is 16. The van der Waals surface area contributed by atoms with Crippen LogP contribution in [0.15, 0.2) is 0 Å². The smallest absolute Gasteiger partial charge is 0.342 e. The molecule has 6 rings (SSSR count). The van der Waals surface area contributed by atoms with Crippen LogP contribution < -0.4 is 0 Å². The highest BCUT2D eigenvalue weighted by Crippen LogP contribution is 2.82. The van der Waals surface area contributed by atoms with Crippen LogP contribution in [-0.4, -0.2) is 30.9 Å². The minimum atomic E-state index is -4.49. The first-order valence-electron chi connectivity index (χ1n) is 10.2. The summed E-state index contributed by atoms with van der Waals surface area (Å²) in [4.78, 5) is -1.56. The first-order valence-corrected chi connectivity index (χ1v) is 11.8. The molecule has 0 N–H and O–H groups in total. The normalized spacial score (nSPS) is 59.2. The van der Waals surface area contributed by atoms with Crippen molar-refractivity contribution in [2.75, 3.05) is 5.75 Å². The van der Waals surface area contributed by atoms with Gasteiger partial charge in [0.1, 0.15) is 0 Å². The number of hydrogen-bond acceptors (Lipinski definition) is 3. The van der Waals surface area contributed by atoms with Gasteiger partial charge in [-0.2, -0.15) is 13.2 Å². The summed E-state index contributed by atoms with van der Waals surface area (Å²) < 4.78 is 77.0. The van der Waals surface area contributed by atoms with Gasteiger partial charge in [0.2, 0.25) is 0 Å². The molecule has 0 aromatic rings. The molecule has 3 nitrogen and oxygen atoms in total. The van der Waals surface area contributed by atoms with Gasteiger partial charge < -0.3 is 4.74 Å². The van der Waals surface area contributed by atoms with Crippen LogP contribution in [0.1, 0.15) is 45.4 Å². The van der Waals surface area contributed by atoms with Gasteiger partial charge in [-0.1, -0.05) is 6.92 Å². The van der Waals surface area contributed by atoms with Crippen molar-refractivity contribution in [1.29, 1.82) is 0 Å². The second-order valence-corrected chi connectivity index (χ2v) is 12.2. The third-order valence-corrected chi connectivity index (χ3v) is 11.7. The average molecular weight is 390 g/mol. The minimum absolute atomic E-state index is 0.0133. The predicted octanol–water partition coefficient (Wildman–Crippen LogP) is 3.79. The van der Waals surface area contributed by atoms with Crippen LogP contribution in [0.25, 0.3) is 0 Å². The Morgan fingerprint density at radius 3 is 1.69 bits per heavy atom. The Hall–Kier alpha value is -0.300. The first kappa shape index (κ1) is 16.6. The zero-order chi connectivity index (χ0) is 18.3. The molecule has 2 saturated heterocycles. The van der Waals surface area contributed by atoms with E-state index in [0.29, 0.717) is 0 Å². The molecule has 2 aliphatic heterocycles. The maximum atomic E-state index is 14.7. The fourth-order valence-corrected chi connectivity index (χ4v) is 11.3. The highest BCUT2D eigenvalue weighted by Gasteiger charge is 2.91. The van der Waals surface area contributed by atoms with Crippen molar-refractivity contribution in [3.8, 4) is 0 Å². The zero-order valence-corrected chi connectivity index (χ0v) is 15.7. The molecule has 0 aromatic carbocycles. The van der Waals surface area contributed by atoms with Crippen molar-refractivity contribution >= 4 is 9.84 Å². The average Bonchev–Trinajstić information content (AvgIpc) is 3.39. The van der Waals surface area contributed by atoms with Crippen LogP contribution in [0, 0.1) is 47.3 Å². The largest absolute Gasteiger partial charge is 0.418 e. The molecule has 0 amide bonds. The fraction of sp³-hybridized carbons (Fsp3) is 1.00. The van der Waals surface area contributed by atoms with E-state index in [1.54, 1.807) is 6.92 Å². The second kappa shape index (κ2) is 4.47. The van der Waals surface area contributed by atoms with E-state index in [0.717, 1.165) is 38.5 Å². The molecule has 7 heteroatoms. The Balaban J connectivity index is 1.66. The Labute approximate surface area is 152 Å². The van der Waals surface area contributed by atoms with Gasteiger partial charge in [0, 0.05) is 23.7 Å². The number of rotatable bonds is 2. The quantitative estimate of drug-likeness (QED) is 0.721. The number of halogens is 3. The van der Waals surface area contributed by atoms with Crippen LogP contribution in [0.2, 0.25) is 0 Å². The summed E-state index contributed by atoms with van der Waals surface area (Å²) in [5.41, 5.74) is -2.20. The van der Waals surface area contributed by atoms with Crippen LogP contribution in [-0.2, 0) is 14.6 Å². The molecule has 4 saturated carbocycles. The van der Waals surface area contributed by atoms with Crippen LogP contribution in [0.5, 0.6) is 0 Å².